The molecule has 0 aliphatic carbocycles. The molecule has 1 aliphatic heterocycles. The Kier molecular flexibility index (Phi) is 8.07. The Hall–Kier alpha value is -2.16. The molecule has 1 aliphatic rings. The Balaban J connectivity index is 1.34. The van der Waals surface area contributed by atoms with E-state index in [-0.39, 0.29) is 11.8 Å². The first-order valence-electron chi connectivity index (χ1n) is 11.2. The molecule has 2 aromatic carbocycles. The zero-order valence-electron chi connectivity index (χ0n) is 19.1. The normalized spacial score (nSPS) is 21.3. The number of fused-ring (bicyclic) bond motifs is 1. The van der Waals surface area contributed by atoms with Crippen LogP contribution in [-0.2, 0) is 17.9 Å². The molecule has 0 saturated carbocycles. The standard InChI is InChI=1S/C24H21Cl2IN6O3S/c25-14-5-1-3-12(7-14)10-29-22(36)19-17(34)18(35)23(37-19)33-11-30-16-20(31-24(26)32-21(16)33)28-9-13-4-2-6-15(27)8-13/h1-8,11,17-19,23,34-35H,9-10H2,(H,29,36)(H,28,31,32)/t17-,18+,19-,23+/m0/s1. The quantitative estimate of drug-likeness (QED) is 0.172. The van der Waals surface area contributed by atoms with E-state index in [1.54, 1.807) is 22.8 Å². The number of halogens is 3. The molecule has 4 atom stereocenters. The highest BCUT2D eigenvalue weighted by molar-refractivity contribution is 14.1. The van der Waals surface area contributed by atoms with Crippen LogP contribution in [0.1, 0.15) is 16.5 Å². The molecule has 2 aromatic heterocycles. The van der Waals surface area contributed by atoms with Crippen molar-refractivity contribution in [2.75, 3.05) is 5.32 Å². The van der Waals surface area contributed by atoms with E-state index in [4.69, 9.17) is 23.2 Å². The van der Waals surface area contributed by atoms with Crippen LogP contribution >= 0.6 is 57.6 Å². The first-order chi connectivity index (χ1) is 17.8. The molecule has 3 heterocycles. The van der Waals surface area contributed by atoms with E-state index >= 15 is 0 Å². The van der Waals surface area contributed by atoms with Gasteiger partial charge in [0.25, 0.3) is 0 Å². The van der Waals surface area contributed by atoms with Gasteiger partial charge in [0.15, 0.2) is 17.0 Å². The molecule has 0 radical (unpaired) electrons. The number of carbonyl (C=O) groups is 1. The van der Waals surface area contributed by atoms with Crippen molar-refractivity contribution < 1.29 is 15.0 Å². The zero-order valence-corrected chi connectivity index (χ0v) is 23.5. The molecule has 192 valence electrons. The lowest BCUT2D eigenvalue weighted by Gasteiger charge is -2.17. The number of thioether (sulfide) groups is 1. The van der Waals surface area contributed by atoms with Gasteiger partial charge in [0.1, 0.15) is 22.8 Å². The summed E-state index contributed by atoms with van der Waals surface area (Å²) >= 11 is 15.6. The number of hydrogen-bond donors (Lipinski definition) is 4. The first-order valence-corrected chi connectivity index (χ1v) is 14.0. The second-order valence-electron chi connectivity index (χ2n) is 8.42. The van der Waals surface area contributed by atoms with Gasteiger partial charge < -0.3 is 20.8 Å². The van der Waals surface area contributed by atoms with E-state index in [2.05, 4.69) is 54.2 Å². The fraction of sp³-hybridized carbons (Fsp3) is 0.250. The lowest BCUT2D eigenvalue weighted by Crippen LogP contribution is -2.41. The number of aromatic nitrogens is 4. The summed E-state index contributed by atoms with van der Waals surface area (Å²) in [6, 6.07) is 15.2. The van der Waals surface area contributed by atoms with Gasteiger partial charge in [-0.2, -0.15) is 9.97 Å². The number of nitrogens with zero attached hydrogens (tertiary/aromatic N) is 4. The number of carbonyl (C=O) groups excluding carboxylic acids is 1. The second kappa shape index (κ2) is 11.3. The average molecular weight is 671 g/mol. The SMILES string of the molecule is O=C(NCc1cccc(Cl)c1)[C@H]1S[C@@H](n2cnc3c(NCc4cccc(I)c4)nc(Cl)nc32)[C@H](O)[C@@H]1O. The van der Waals surface area contributed by atoms with Crippen molar-refractivity contribution in [3.8, 4) is 0 Å². The predicted molar refractivity (Wildman–Crippen MR) is 153 cm³/mol. The Bertz CT molecular complexity index is 1460. The third-order valence-electron chi connectivity index (χ3n) is 5.87. The van der Waals surface area contributed by atoms with Crippen molar-refractivity contribution in [3.05, 3.63) is 79.9 Å². The van der Waals surface area contributed by atoms with Crippen molar-refractivity contribution in [1.29, 1.82) is 0 Å². The molecule has 13 heteroatoms. The van der Waals surface area contributed by atoms with E-state index in [0.717, 1.165) is 26.5 Å². The number of aliphatic hydroxyl groups is 2. The zero-order chi connectivity index (χ0) is 26.1. The number of imidazole rings is 1. The highest BCUT2D eigenvalue weighted by Gasteiger charge is 2.47. The monoisotopic (exact) mass is 670 g/mol. The van der Waals surface area contributed by atoms with Gasteiger partial charge >= 0.3 is 0 Å². The smallest absolute Gasteiger partial charge is 0.236 e. The molecule has 4 N–H and O–H groups in total. The predicted octanol–water partition coefficient (Wildman–Crippen LogP) is 4.00. The second-order valence-corrected chi connectivity index (χ2v) is 11.7. The van der Waals surface area contributed by atoms with Crippen LogP contribution in [0.25, 0.3) is 11.2 Å². The molecule has 9 nitrogen and oxygen atoms in total. The van der Waals surface area contributed by atoms with E-state index in [1.807, 2.05) is 24.3 Å². The van der Waals surface area contributed by atoms with Crippen molar-refractivity contribution in [2.24, 2.45) is 0 Å². The molecule has 0 spiro atoms. The number of anilines is 1. The Morgan fingerprint density at radius 3 is 2.57 bits per heavy atom. The van der Waals surface area contributed by atoms with Crippen LogP contribution in [0, 0.1) is 3.57 Å². The van der Waals surface area contributed by atoms with Gasteiger partial charge in [0.05, 0.1) is 6.33 Å². The summed E-state index contributed by atoms with van der Waals surface area (Å²) in [5, 5.41) is 26.6. The molecule has 4 aromatic rings. The Labute approximate surface area is 240 Å². The summed E-state index contributed by atoms with van der Waals surface area (Å²) in [7, 11) is 0. The van der Waals surface area contributed by atoms with Crippen molar-refractivity contribution in [3.63, 3.8) is 0 Å². The van der Waals surface area contributed by atoms with Gasteiger partial charge in [-0.1, -0.05) is 35.9 Å². The third-order valence-corrected chi connectivity index (χ3v) is 8.52. The van der Waals surface area contributed by atoms with Crippen LogP contribution in [-0.4, -0.2) is 53.1 Å². The molecule has 1 saturated heterocycles. The molecule has 1 fully saturated rings. The highest BCUT2D eigenvalue weighted by Crippen LogP contribution is 2.43. The van der Waals surface area contributed by atoms with E-state index in [0.29, 0.717) is 28.5 Å². The molecule has 0 unspecified atom stereocenters. The van der Waals surface area contributed by atoms with Crippen LogP contribution < -0.4 is 10.6 Å². The largest absolute Gasteiger partial charge is 0.389 e. The molecule has 5 rings (SSSR count). The number of aliphatic hydroxyl groups excluding tert-OH is 2. The van der Waals surface area contributed by atoms with Gasteiger partial charge in [-0.3, -0.25) is 9.36 Å². The van der Waals surface area contributed by atoms with Gasteiger partial charge in [-0.25, -0.2) is 4.98 Å². The van der Waals surface area contributed by atoms with Crippen LogP contribution in [0.5, 0.6) is 0 Å². The molecule has 0 bridgehead atoms. The minimum Gasteiger partial charge on any atom is -0.389 e. The Morgan fingerprint density at radius 2 is 1.81 bits per heavy atom. The van der Waals surface area contributed by atoms with E-state index in [1.165, 1.54) is 6.33 Å². The summed E-state index contributed by atoms with van der Waals surface area (Å²) < 4.78 is 2.73. The van der Waals surface area contributed by atoms with Gasteiger partial charge in [0, 0.05) is 21.7 Å². The fourth-order valence-electron chi connectivity index (χ4n) is 4.07. The first kappa shape index (κ1) is 26.4. The topological polar surface area (TPSA) is 125 Å². The summed E-state index contributed by atoms with van der Waals surface area (Å²) in [5.41, 5.74) is 2.73. The minimum atomic E-state index is -1.29. The molecule has 1 amide bonds. The maximum Gasteiger partial charge on any atom is 0.236 e. The summed E-state index contributed by atoms with van der Waals surface area (Å²) in [5.74, 6) is 0.0532. The molecular formula is C24H21Cl2IN6O3S. The van der Waals surface area contributed by atoms with Crippen LogP contribution in [0.2, 0.25) is 10.3 Å². The summed E-state index contributed by atoms with van der Waals surface area (Å²) in [6.45, 7) is 0.747. The lowest BCUT2D eigenvalue weighted by atomic mass is 10.1. The lowest BCUT2D eigenvalue weighted by molar-refractivity contribution is -0.123. The molecule has 37 heavy (non-hydrogen) atoms. The fourth-order valence-corrected chi connectivity index (χ4v) is 6.50. The molecular weight excluding hydrogens is 650 g/mol. The summed E-state index contributed by atoms with van der Waals surface area (Å²) in [6.07, 6.45) is -1.02. The maximum atomic E-state index is 12.9. The average Bonchev–Trinajstić information content (AvgIpc) is 3.41. The van der Waals surface area contributed by atoms with Crippen LogP contribution in [0.4, 0.5) is 5.82 Å². The Morgan fingerprint density at radius 1 is 1.05 bits per heavy atom. The number of rotatable bonds is 7. The van der Waals surface area contributed by atoms with E-state index < -0.39 is 28.7 Å². The number of nitrogens with one attached hydrogen (secondary N) is 2. The van der Waals surface area contributed by atoms with Crippen LogP contribution in [0.15, 0.2) is 54.9 Å². The number of benzene rings is 2. The van der Waals surface area contributed by atoms with Crippen molar-refractivity contribution >= 4 is 80.4 Å². The van der Waals surface area contributed by atoms with Gasteiger partial charge in [-0.15, -0.1) is 11.8 Å². The summed E-state index contributed by atoms with van der Waals surface area (Å²) in [4.78, 5) is 25.9. The highest BCUT2D eigenvalue weighted by atomic mass is 127. The minimum absolute atomic E-state index is 0.00763. The van der Waals surface area contributed by atoms with E-state index in [9.17, 15) is 15.0 Å². The van der Waals surface area contributed by atoms with Crippen molar-refractivity contribution in [1.82, 2.24) is 24.8 Å². The van der Waals surface area contributed by atoms with Crippen LogP contribution in [0.3, 0.4) is 0 Å². The third kappa shape index (κ3) is 5.81. The van der Waals surface area contributed by atoms with Gasteiger partial charge in [-0.05, 0) is 69.6 Å². The number of hydrogen-bond acceptors (Lipinski definition) is 8. The van der Waals surface area contributed by atoms with Crippen molar-refractivity contribution in [2.45, 2.75) is 35.9 Å². The number of amides is 1. The maximum absolute atomic E-state index is 12.9. The van der Waals surface area contributed by atoms with Gasteiger partial charge in [0.2, 0.25) is 11.2 Å².